The van der Waals surface area contributed by atoms with E-state index in [0.29, 0.717) is 28.7 Å². The predicted molar refractivity (Wildman–Crippen MR) is 129 cm³/mol. The van der Waals surface area contributed by atoms with Gasteiger partial charge in [0.1, 0.15) is 5.75 Å². The standard InChI is InChI=1S/C26H24ClN3O3/c27-19-7-4-8-20(14-19)28-26(32)29-21-11-12-24-18(13-21)15-30(25(31)16-33-24)23-10-3-6-17-5-1-2-9-22(17)23/h1-2,4-5,7-9,11-14,23H,3,6,10,15-16H2,(H2,28,29,32)/t23-/m0/s1. The number of ether oxygens (including phenoxy) is 1. The number of urea groups is 1. The molecular formula is C26H24ClN3O3. The zero-order valence-electron chi connectivity index (χ0n) is 18.0. The molecule has 0 unspecified atom stereocenters. The van der Waals surface area contributed by atoms with Crippen LogP contribution in [0.2, 0.25) is 5.02 Å². The quantitative estimate of drug-likeness (QED) is 0.519. The molecule has 0 spiro atoms. The highest BCUT2D eigenvalue weighted by Gasteiger charge is 2.32. The van der Waals surface area contributed by atoms with E-state index in [9.17, 15) is 9.59 Å². The fourth-order valence-electron chi connectivity index (χ4n) is 4.61. The van der Waals surface area contributed by atoms with Gasteiger partial charge in [-0.2, -0.15) is 0 Å². The van der Waals surface area contributed by atoms with Gasteiger partial charge >= 0.3 is 6.03 Å². The maximum Gasteiger partial charge on any atom is 0.323 e. The van der Waals surface area contributed by atoms with E-state index in [-0.39, 0.29) is 24.6 Å². The van der Waals surface area contributed by atoms with Gasteiger partial charge in [0.25, 0.3) is 5.91 Å². The molecule has 3 aromatic rings. The molecule has 5 rings (SSSR count). The van der Waals surface area contributed by atoms with E-state index in [0.717, 1.165) is 24.8 Å². The lowest BCUT2D eigenvalue weighted by Crippen LogP contribution is -2.37. The minimum atomic E-state index is -0.374. The Morgan fingerprint density at radius 1 is 0.970 bits per heavy atom. The summed E-state index contributed by atoms with van der Waals surface area (Å²) in [7, 11) is 0. The SMILES string of the molecule is O=C(Nc1cccc(Cl)c1)Nc1ccc2c(c1)CN([C@H]1CCCc3ccccc31)C(=O)CO2. The molecule has 0 saturated carbocycles. The number of halogens is 1. The molecule has 0 fully saturated rings. The number of fused-ring (bicyclic) bond motifs is 2. The highest BCUT2D eigenvalue weighted by atomic mass is 35.5. The number of carbonyl (C=O) groups is 2. The van der Waals surface area contributed by atoms with Crippen LogP contribution in [0.15, 0.2) is 66.7 Å². The van der Waals surface area contributed by atoms with Gasteiger partial charge in [0.2, 0.25) is 0 Å². The largest absolute Gasteiger partial charge is 0.483 e. The van der Waals surface area contributed by atoms with E-state index in [1.54, 1.807) is 36.4 Å². The second-order valence-electron chi connectivity index (χ2n) is 8.33. The van der Waals surface area contributed by atoms with Crippen molar-refractivity contribution in [1.29, 1.82) is 0 Å². The third kappa shape index (κ3) is 4.66. The van der Waals surface area contributed by atoms with E-state index >= 15 is 0 Å². The molecule has 2 aliphatic rings. The topological polar surface area (TPSA) is 70.7 Å². The van der Waals surface area contributed by atoms with E-state index in [1.807, 2.05) is 17.0 Å². The van der Waals surface area contributed by atoms with Crippen molar-refractivity contribution in [2.75, 3.05) is 17.2 Å². The van der Waals surface area contributed by atoms with Crippen LogP contribution in [0, 0.1) is 0 Å². The van der Waals surface area contributed by atoms with Gasteiger partial charge in [-0.25, -0.2) is 4.79 Å². The zero-order chi connectivity index (χ0) is 22.8. The molecule has 33 heavy (non-hydrogen) atoms. The Labute approximate surface area is 197 Å². The molecule has 0 aromatic heterocycles. The highest BCUT2D eigenvalue weighted by Crippen LogP contribution is 2.37. The Kier molecular flexibility index (Phi) is 5.92. The minimum absolute atomic E-state index is 0.00763. The molecular weight excluding hydrogens is 438 g/mol. The van der Waals surface area contributed by atoms with Crippen LogP contribution in [0.1, 0.15) is 35.6 Å². The summed E-state index contributed by atoms with van der Waals surface area (Å²) < 4.78 is 5.80. The summed E-state index contributed by atoms with van der Waals surface area (Å²) in [6.45, 7) is 0.437. The van der Waals surface area contributed by atoms with Crippen LogP contribution in [0.5, 0.6) is 5.75 Å². The Morgan fingerprint density at radius 2 is 1.79 bits per heavy atom. The lowest BCUT2D eigenvalue weighted by molar-refractivity contribution is -0.136. The second kappa shape index (κ2) is 9.16. The highest BCUT2D eigenvalue weighted by molar-refractivity contribution is 6.30. The summed E-state index contributed by atoms with van der Waals surface area (Å²) in [5, 5.41) is 6.17. The van der Waals surface area contributed by atoms with Gasteiger partial charge in [-0.15, -0.1) is 0 Å². The van der Waals surface area contributed by atoms with Gasteiger partial charge < -0.3 is 20.3 Å². The Morgan fingerprint density at radius 3 is 2.64 bits per heavy atom. The first-order valence-electron chi connectivity index (χ1n) is 11.0. The molecule has 7 heteroatoms. The second-order valence-corrected chi connectivity index (χ2v) is 8.77. The molecule has 6 nitrogen and oxygen atoms in total. The van der Waals surface area contributed by atoms with Crippen molar-refractivity contribution >= 4 is 34.9 Å². The third-order valence-electron chi connectivity index (χ3n) is 6.13. The number of rotatable bonds is 3. The predicted octanol–water partition coefficient (Wildman–Crippen LogP) is 5.78. The lowest BCUT2D eigenvalue weighted by atomic mass is 9.86. The molecule has 3 aromatic carbocycles. The molecule has 2 N–H and O–H groups in total. The summed E-state index contributed by atoms with van der Waals surface area (Å²) in [4.78, 5) is 27.4. The third-order valence-corrected chi connectivity index (χ3v) is 6.36. The van der Waals surface area contributed by atoms with Crippen molar-refractivity contribution < 1.29 is 14.3 Å². The van der Waals surface area contributed by atoms with E-state index < -0.39 is 0 Å². The van der Waals surface area contributed by atoms with E-state index in [4.69, 9.17) is 16.3 Å². The van der Waals surface area contributed by atoms with Crippen molar-refractivity contribution in [1.82, 2.24) is 4.90 Å². The van der Waals surface area contributed by atoms with Gasteiger partial charge in [0.15, 0.2) is 6.61 Å². The molecule has 1 aliphatic heterocycles. The van der Waals surface area contributed by atoms with Crippen LogP contribution < -0.4 is 15.4 Å². The Balaban J connectivity index is 1.36. The lowest BCUT2D eigenvalue weighted by Gasteiger charge is -2.35. The summed E-state index contributed by atoms with van der Waals surface area (Å²) in [5.74, 6) is 0.636. The maximum absolute atomic E-state index is 13.0. The average molecular weight is 462 g/mol. The minimum Gasteiger partial charge on any atom is -0.483 e. The molecule has 0 bridgehead atoms. The number of benzene rings is 3. The number of anilines is 2. The van der Waals surface area contributed by atoms with Crippen LogP contribution in [-0.2, 0) is 17.8 Å². The van der Waals surface area contributed by atoms with Crippen molar-refractivity contribution in [2.45, 2.75) is 31.8 Å². The van der Waals surface area contributed by atoms with Crippen LogP contribution in [0.4, 0.5) is 16.2 Å². The summed E-state index contributed by atoms with van der Waals surface area (Å²) in [5.41, 5.74) is 4.61. The number of carbonyl (C=O) groups excluding carboxylic acids is 2. The maximum atomic E-state index is 13.0. The van der Waals surface area contributed by atoms with Crippen molar-refractivity contribution in [3.8, 4) is 5.75 Å². The number of nitrogens with zero attached hydrogens (tertiary/aromatic N) is 1. The van der Waals surface area contributed by atoms with Gasteiger partial charge in [-0.3, -0.25) is 4.79 Å². The fraction of sp³-hybridized carbons (Fsp3) is 0.231. The number of aryl methyl sites for hydroxylation is 1. The van der Waals surface area contributed by atoms with E-state index in [2.05, 4.69) is 28.8 Å². The summed E-state index contributed by atoms with van der Waals surface area (Å²) in [6.07, 6.45) is 3.01. The van der Waals surface area contributed by atoms with Crippen molar-refractivity contribution in [3.63, 3.8) is 0 Å². The van der Waals surface area contributed by atoms with Crippen LogP contribution in [0.3, 0.4) is 0 Å². The van der Waals surface area contributed by atoms with Crippen molar-refractivity contribution in [2.24, 2.45) is 0 Å². The monoisotopic (exact) mass is 461 g/mol. The van der Waals surface area contributed by atoms with Gasteiger partial charge in [0.05, 0.1) is 12.6 Å². The molecule has 0 saturated heterocycles. The summed E-state index contributed by atoms with van der Waals surface area (Å²) in [6, 6.07) is 20.4. The molecule has 0 radical (unpaired) electrons. The average Bonchev–Trinajstić information content (AvgIpc) is 2.97. The molecule has 1 heterocycles. The first-order valence-corrected chi connectivity index (χ1v) is 11.4. The molecule has 1 aliphatic carbocycles. The van der Waals surface area contributed by atoms with Gasteiger partial charge in [-0.1, -0.05) is 41.9 Å². The Bertz CT molecular complexity index is 1210. The number of nitrogens with one attached hydrogen (secondary N) is 2. The normalized spacial score (nSPS) is 17.3. The molecule has 1 atom stereocenters. The van der Waals surface area contributed by atoms with Crippen LogP contribution in [-0.4, -0.2) is 23.4 Å². The zero-order valence-corrected chi connectivity index (χ0v) is 18.8. The van der Waals surface area contributed by atoms with Gasteiger partial charge in [-0.05, 0) is 66.8 Å². The Hall–Kier alpha value is -3.51. The number of hydrogen-bond donors (Lipinski definition) is 2. The van der Waals surface area contributed by atoms with Crippen molar-refractivity contribution in [3.05, 3.63) is 88.4 Å². The van der Waals surface area contributed by atoms with Gasteiger partial charge in [0, 0.05) is 22.0 Å². The molecule has 168 valence electrons. The first-order chi connectivity index (χ1) is 16.1. The van der Waals surface area contributed by atoms with Crippen LogP contribution >= 0.6 is 11.6 Å². The first kappa shape index (κ1) is 21.3. The van der Waals surface area contributed by atoms with Crippen LogP contribution in [0.25, 0.3) is 0 Å². The number of hydrogen-bond acceptors (Lipinski definition) is 3. The fourth-order valence-corrected chi connectivity index (χ4v) is 4.80. The molecule has 3 amide bonds. The summed E-state index contributed by atoms with van der Waals surface area (Å²) >= 11 is 5.99. The smallest absolute Gasteiger partial charge is 0.323 e. The van der Waals surface area contributed by atoms with E-state index in [1.165, 1.54) is 11.1 Å². The number of amides is 3.